The summed E-state index contributed by atoms with van der Waals surface area (Å²) in [6, 6.07) is 10.2. The minimum atomic E-state index is -4.22. The van der Waals surface area contributed by atoms with Gasteiger partial charge in [-0.05, 0) is 61.1 Å². The van der Waals surface area contributed by atoms with E-state index in [0.29, 0.717) is 34.1 Å². The van der Waals surface area contributed by atoms with E-state index >= 15 is 0 Å². The molecule has 1 saturated heterocycles. The van der Waals surface area contributed by atoms with Gasteiger partial charge < -0.3 is 9.80 Å². The number of carbonyl (C=O) groups is 2. The van der Waals surface area contributed by atoms with Crippen molar-refractivity contribution in [2.75, 3.05) is 19.6 Å². The van der Waals surface area contributed by atoms with Crippen LogP contribution in [0.2, 0.25) is 10.0 Å². The molecule has 2 aliphatic rings. The van der Waals surface area contributed by atoms with Crippen molar-refractivity contribution in [3.8, 4) is 0 Å². The summed E-state index contributed by atoms with van der Waals surface area (Å²) in [7, 11) is 0. The summed E-state index contributed by atoms with van der Waals surface area (Å²) in [5.41, 5.74) is 2.83. The number of likely N-dealkylation sites (tertiary alicyclic amines) is 1. The van der Waals surface area contributed by atoms with Crippen molar-refractivity contribution in [1.82, 2.24) is 9.80 Å². The first-order valence-corrected chi connectivity index (χ1v) is 12.0. The Morgan fingerprint density at radius 2 is 1.62 bits per heavy atom. The second-order valence-corrected chi connectivity index (χ2v) is 9.69. The van der Waals surface area contributed by atoms with Gasteiger partial charge >= 0.3 is 6.18 Å². The molecule has 2 aromatic carbocycles. The third kappa shape index (κ3) is 4.91. The van der Waals surface area contributed by atoms with Crippen LogP contribution in [0.1, 0.15) is 52.9 Å². The van der Waals surface area contributed by atoms with Crippen LogP contribution in [0.5, 0.6) is 0 Å². The average Bonchev–Trinajstić information content (AvgIpc) is 2.80. The first-order chi connectivity index (χ1) is 16.1. The molecule has 9 heteroatoms. The Kier molecular flexibility index (Phi) is 7.15. The topological polar surface area (TPSA) is 40.6 Å². The van der Waals surface area contributed by atoms with E-state index < -0.39 is 12.1 Å². The first kappa shape index (κ1) is 24.9. The lowest BCUT2D eigenvalue weighted by Gasteiger charge is -2.37. The second kappa shape index (κ2) is 9.78. The van der Waals surface area contributed by atoms with Crippen LogP contribution < -0.4 is 0 Å². The average molecular weight is 513 g/mol. The highest BCUT2D eigenvalue weighted by Gasteiger charge is 2.42. The van der Waals surface area contributed by atoms with Gasteiger partial charge in [-0.25, -0.2) is 0 Å². The van der Waals surface area contributed by atoms with Crippen LogP contribution in [-0.4, -0.2) is 47.4 Å². The van der Waals surface area contributed by atoms with Gasteiger partial charge in [0.2, 0.25) is 5.91 Å². The molecule has 182 valence electrons. The molecular formula is C25H25Cl2F3N2O2. The smallest absolute Gasteiger partial charge is 0.339 e. The van der Waals surface area contributed by atoms with Crippen LogP contribution in [0.25, 0.3) is 0 Å². The van der Waals surface area contributed by atoms with E-state index in [9.17, 15) is 22.8 Å². The minimum Gasteiger partial charge on any atom is -0.339 e. The van der Waals surface area contributed by atoms with Crippen molar-refractivity contribution in [2.45, 2.75) is 44.8 Å². The maximum absolute atomic E-state index is 13.2. The van der Waals surface area contributed by atoms with Crippen molar-refractivity contribution < 1.29 is 22.8 Å². The second-order valence-electron chi connectivity index (χ2n) is 8.87. The fourth-order valence-corrected chi connectivity index (χ4v) is 5.48. The van der Waals surface area contributed by atoms with E-state index in [4.69, 9.17) is 23.2 Å². The highest BCUT2D eigenvalue weighted by molar-refractivity contribution is 6.36. The summed E-state index contributed by atoms with van der Waals surface area (Å²) in [6.45, 7) is 2.51. The number of amides is 2. The fourth-order valence-electron chi connectivity index (χ4n) is 4.94. The number of piperidine rings is 1. The number of fused-ring (bicyclic) bond motifs is 1. The third-order valence-electron chi connectivity index (χ3n) is 6.92. The van der Waals surface area contributed by atoms with Crippen LogP contribution in [0.15, 0.2) is 36.4 Å². The van der Waals surface area contributed by atoms with Crippen LogP contribution in [0.3, 0.4) is 0 Å². The molecule has 0 bridgehead atoms. The van der Waals surface area contributed by atoms with Crippen LogP contribution in [0.4, 0.5) is 13.2 Å². The fraction of sp³-hybridized carbons (Fsp3) is 0.440. The van der Waals surface area contributed by atoms with Gasteiger partial charge in [0.1, 0.15) is 0 Å². The van der Waals surface area contributed by atoms with Gasteiger partial charge in [-0.15, -0.1) is 0 Å². The van der Waals surface area contributed by atoms with Crippen molar-refractivity contribution in [3.05, 3.63) is 68.7 Å². The molecular weight excluding hydrogens is 488 g/mol. The SMILES string of the molecule is C[C@H]1c2cccc(C(=O)N3CCC(C(F)(F)F)CC3)c2CCN1C(=O)Cc1c(Cl)cccc1Cl. The van der Waals surface area contributed by atoms with E-state index in [1.54, 1.807) is 35.2 Å². The molecule has 4 rings (SSSR count). The monoisotopic (exact) mass is 512 g/mol. The Hall–Kier alpha value is -2.25. The maximum atomic E-state index is 13.2. The van der Waals surface area contributed by atoms with Gasteiger partial charge in [0, 0.05) is 35.2 Å². The van der Waals surface area contributed by atoms with E-state index in [0.717, 1.165) is 11.1 Å². The number of rotatable bonds is 3. The molecule has 0 unspecified atom stereocenters. The molecule has 0 spiro atoms. The number of carbonyl (C=O) groups excluding carboxylic acids is 2. The molecule has 34 heavy (non-hydrogen) atoms. The Morgan fingerprint density at radius 1 is 1.00 bits per heavy atom. The molecule has 1 atom stereocenters. The summed E-state index contributed by atoms with van der Waals surface area (Å²) in [5, 5.41) is 0.876. The highest BCUT2D eigenvalue weighted by atomic mass is 35.5. The largest absolute Gasteiger partial charge is 0.391 e. The lowest BCUT2D eigenvalue weighted by molar-refractivity contribution is -0.183. The van der Waals surface area contributed by atoms with Gasteiger partial charge in [0.05, 0.1) is 18.4 Å². The number of halogens is 5. The molecule has 1 fully saturated rings. The van der Waals surface area contributed by atoms with Crippen molar-refractivity contribution in [1.29, 1.82) is 0 Å². The summed E-state index contributed by atoms with van der Waals surface area (Å²) in [6.07, 6.45) is -3.81. The Bertz CT molecular complexity index is 1080. The van der Waals surface area contributed by atoms with Crippen molar-refractivity contribution in [2.24, 2.45) is 5.92 Å². The molecule has 2 aliphatic heterocycles. The van der Waals surface area contributed by atoms with Crippen LogP contribution >= 0.6 is 23.2 Å². The number of alkyl halides is 3. The molecule has 0 N–H and O–H groups in total. The van der Waals surface area contributed by atoms with Gasteiger partial charge in [0.25, 0.3) is 5.91 Å². The molecule has 0 saturated carbocycles. The number of benzene rings is 2. The maximum Gasteiger partial charge on any atom is 0.391 e. The van der Waals surface area contributed by atoms with Crippen molar-refractivity contribution >= 4 is 35.0 Å². The summed E-state index contributed by atoms with van der Waals surface area (Å²) >= 11 is 12.5. The molecule has 0 aromatic heterocycles. The first-order valence-electron chi connectivity index (χ1n) is 11.3. The Labute approximate surface area is 206 Å². The Morgan fingerprint density at radius 3 is 2.24 bits per heavy atom. The number of hydrogen-bond acceptors (Lipinski definition) is 2. The quantitative estimate of drug-likeness (QED) is 0.498. The molecule has 0 aliphatic carbocycles. The minimum absolute atomic E-state index is 0.0744. The van der Waals surface area contributed by atoms with Gasteiger partial charge in [0.15, 0.2) is 0 Å². The van der Waals surface area contributed by atoms with Gasteiger partial charge in [-0.3, -0.25) is 9.59 Å². The predicted octanol–water partition coefficient (Wildman–Crippen LogP) is 6.10. The number of hydrogen-bond donors (Lipinski definition) is 0. The summed E-state index contributed by atoms with van der Waals surface area (Å²) in [5.74, 6) is -1.71. The zero-order valence-corrected chi connectivity index (χ0v) is 20.2. The van der Waals surface area contributed by atoms with E-state index in [1.807, 2.05) is 13.0 Å². The lowest BCUT2D eigenvalue weighted by Crippen LogP contribution is -2.43. The third-order valence-corrected chi connectivity index (χ3v) is 7.63. The van der Waals surface area contributed by atoms with Gasteiger partial charge in [-0.1, -0.05) is 41.4 Å². The molecule has 2 amide bonds. The van der Waals surface area contributed by atoms with Crippen LogP contribution in [0, 0.1) is 5.92 Å². The predicted molar refractivity (Wildman–Crippen MR) is 125 cm³/mol. The molecule has 2 aromatic rings. The highest BCUT2D eigenvalue weighted by Crippen LogP contribution is 2.36. The number of nitrogens with zero attached hydrogens (tertiary/aromatic N) is 2. The van der Waals surface area contributed by atoms with Crippen LogP contribution in [-0.2, 0) is 17.6 Å². The van der Waals surface area contributed by atoms with Crippen molar-refractivity contribution in [3.63, 3.8) is 0 Å². The Balaban J connectivity index is 1.50. The zero-order valence-electron chi connectivity index (χ0n) is 18.7. The zero-order chi connectivity index (χ0) is 24.6. The standard InChI is InChI=1S/C25H25Cl2F3N2O2/c1-15-17-4-2-5-19(24(34)31-11-8-16(9-12-31)25(28,29)30)18(17)10-13-32(15)23(33)14-20-21(26)6-3-7-22(20)27/h2-7,15-16H,8-14H2,1H3/t15-/m0/s1. The molecule has 0 radical (unpaired) electrons. The molecule has 2 heterocycles. The van der Waals surface area contributed by atoms with E-state index in [-0.39, 0.29) is 50.2 Å². The van der Waals surface area contributed by atoms with E-state index in [1.165, 1.54) is 4.90 Å². The van der Waals surface area contributed by atoms with E-state index in [2.05, 4.69) is 0 Å². The molecule has 4 nitrogen and oxygen atoms in total. The summed E-state index contributed by atoms with van der Waals surface area (Å²) < 4.78 is 39.0. The lowest BCUT2D eigenvalue weighted by atomic mass is 9.88. The summed E-state index contributed by atoms with van der Waals surface area (Å²) in [4.78, 5) is 29.6. The normalized spacial score (nSPS) is 19.2. The van der Waals surface area contributed by atoms with Gasteiger partial charge in [-0.2, -0.15) is 13.2 Å².